The SMILES string of the molecule is Cc1ccc(NCCOc2cc(C)ccc2Cl)cc1. The van der Waals surface area contributed by atoms with Crippen molar-refractivity contribution >= 4 is 17.3 Å². The molecule has 19 heavy (non-hydrogen) atoms. The lowest BCUT2D eigenvalue weighted by molar-refractivity contribution is 0.333. The lowest BCUT2D eigenvalue weighted by Gasteiger charge is -2.10. The molecule has 0 aliphatic heterocycles. The Morgan fingerprint density at radius 2 is 1.68 bits per heavy atom. The summed E-state index contributed by atoms with van der Waals surface area (Å²) in [5.41, 5.74) is 3.50. The molecule has 0 aliphatic rings. The molecule has 2 aromatic rings. The summed E-state index contributed by atoms with van der Waals surface area (Å²) >= 11 is 6.06. The number of benzene rings is 2. The van der Waals surface area contributed by atoms with Gasteiger partial charge in [0.25, 0.3) is 0 Å². The second kappa shape index (κ2) is 6.48. The molecule has 0 spiro atoms. The van der Waals surface area contributed by atoms with E-state index in [0.29, 0.717) is 11.6 Å². The van der Waals surface area contributed by atoms with E-state index in [2.05, 4.69) is 36.5 Å². The van der Waals surface area contributed by atoms with Crippen LogP contribution in [0.4, 0.5) is 5.69 Å². The molecule has 0 atom stereocenters. The summed E-state index contributed by atoms with van der Waals surface area (Å²) in [6.45, 7) is 5.42. The Bertz CT molecular complexity index is 537. The molecule has 0 heterocycles. The average molecular weight is 276 g/mol. The Labute approximate surface area is 119 Å². The monoisotopic (exact) mass is 275 g/mol. The second-order valence-electron chi connectivity index (χ2n) is 4.58. The van der Waals surface area contributed by atoms with Crippen LogP contribution in [0.3, 0.4) is 0 Å². The molecule has 0 unspecified atom stereocenters. The molecule has 3 heteroatoms. The Morgan fingerprint density at radius 3 is 2.42 bits per heavy atom. The number of aryl methyl sites for hydroxylation is 2. The summed E-state index contributed by atoms with van der Waals surface area (Å²) < 4.78 is 5.67. The van der Waals surface area contributed by atoms with Crippen LogP contribution in [-0.2, 0) is 0 Å². The van der Waals surface area contributed by atoms with E-state index in [4.69, 9.17) is 16.3 Å². The van der Waals surface area contributed by atoms with E-state index in [-0.39, 0.29) is 0 Å². The summed E-state index contributed by atoms with van der Waals surface area (Å²) in [4.78, 5) is 0. The number of hydrogen-bond acceptors (Lipinski definition) is 2. The molecule has 0 aromatic heterocycles. The van der Waals surface area contributed by atoms with E-state index in [1.807, 2.05) is 25.1 Å². The normalized spacial score (nSPS) is 10.3. The molecule has 0 fully saturated rings. The highest BCUT2D eigenvalue weighted by molar-refractivity contribution is 6.32. The second-order valence-corrected chi connectivity index (χ2v) is 4.98. The molecule has 0 saturated carbocycles. The van der Waals surface area contributed by atoms with Crippen LogP contribution in [0, 0.1) is 13.8 Å². The number of halogens is 1. The Kier molecular flexibility index (Phi) is 4.69. The van der Waals surface area contributed by atoms with Gasteiger partial charge in [-0.25, -0.2) is 0 Å². The van der Waals surface area contributed by atoms with Crippen LogP contribution in [0.15, 0.2) is 42.5 Å². The highest BCUT2D eigenvalue weighted by Gasteiger charge is 2.01. The molecule has 2 nitrogen and oxygen atoms in total. The summed E-state index contributed by atoms with van der Waals surface area (Å²) in [5, 5.41) is 3.96. The lowest BCUT2D eigenvalue weighted by atomic mass is 10.2. The van der Waals surface area contributed by atoms with Crippen molar-refractivity contribution in [1.29, 1.82) is 0 Å². The fourth-order valence-corrected chi connectivity index (χ4v) is 1.92. The highest BCUT2D eigenvalue weighted by atomic mass is 35.5. The number of rotatable bonds is 5. The van der Waals surface area contributed by atoms with Crippen molar-refractivity contribution in [3.05, 3.63) is 58.6 Å². The van der Waals surface area contributed by atoms with Crippen molar-refractivity contribution in [3.63, 3.8) is 0 Å². The number of ether oxygens (including phenoxy) is 1. The van der Waals surface area contributed by atoms with Crippen molar-refractivity contribution in [2.75, 3.05) is 18.5 Å². The van der Waals surface area contributed by atoms with Crippen molar-refractivity contribution < 1.29 is 4.74 Å². The third kappa shape index (κ3) is 4.18. The number of hydrogen-bond donors (Lipinski definition) is 1. The fourth-order valence-electron chi connectivity index (χ4n) is 1.75. The van der Waals surface area contributed by atoms with Crippen molar-refractivity contribution in [2.45, 2.75) is 13.8 Å². The molecule has 0 saturated heterocycles. The van der Waals surface area contributed by atoms with Crippen LogP contribution in [0.1, 0.15) is 11.1 Å². The number of nitrogens with one attached hydrogen (secondary N) is 1. The van der Waals surface area contributed by atoms with Crippen LogP contribution < -0.4 is 10.1 Å². The summed E-state index contributed by atoms with van der Waals surface area (Å²) in [5.74, 6) is 0.743. The zero-order chi connectivity index (χ0) is 13.7. The van der Waals surface area contributed by atoms with Gasteiger partial charge in [0.1, 0.15) is 12.4 Å². The zero-order valence-corrected chi connectivity index (χ0v) is 12.0. The maximum Gasteiger partial charge on any atom is 0.138 e. The Balaban J connectivity index is 1.80. The van der Waals surface area contributed by atoms with Gasteiger partial charge in [-0.05, 0) is 43.7 Å². The van der Waals surface area contributed by atoms with Crippen LogP contribution in [-0.4, -0.2) is 13.2 Å². The van der Waals surface area contributed by atoms with E-state index in [0.717, 1.165) is 23.5 Å². The third-order valence-corrected chi connectivity index (χ3v) is 3.14. The van der Waals surface area contributed by atoms with Gasteiger partial charge in [-0.1, -0.05) is 35.4 Å². The summed E-state index contributed by atoms with van der Waals surface area (Å²) in [6.07, 6.45) is 0. The van der Waals surface area contributed by atoms with E-state index < -0.39 is 0 Å². The molecule has 0 radical (unpaired) electrons. The van der Waals surface area contributed by atoms with Crippen LogP contribution in [0.2, 0.25) is 5.02 Å². The molecule has 1 N–H and O–H groups in total. The first-order valence-electron chi connectivity index (χ1n) is 6.34. The van der Waals surface area contributed by atoms with Gasteiger partial charge in [0.2, 0.25) is 0 Å². The molecule has 2 rings (SSSR count). The first-order valence-corrected chi connectivity index (χ1v) is 6.72. The van der Waals surface area contributed by atoms with Gasteiger partial charge in [0.15, 0.2) is 0 Å². The molecule has 100 valence electrons. The smallest absolute Gasteiger partial charge is 0.138 e. The highest BCUT2D eigenvalue weighted by Crippen LogP contribution is 2.25. The van der Waals surface area contributed by atoms with Crippen molar-refractivity contribution in [1.82, 2.24) is 0 Å². The van der Waals surface area contributed by atoms with Crippen molar-refractivity contribution in [2.24, 2.45) is 0 Å². The average Bonchev–Trinajstić information content (AvgIpc) is 2.40. The lowest BCUT2D eigenvalue weighted by Crippen LogP contribution is -2.11. The fraction of sp³-hybridized carbons (Fsp3) is 0.250. The van der Waals surface area contributed by atoms with Gasteiger partial charge in [-0.15, -0.1) is 0 Å². The maximum absolute atomic E-state index is 6.06. The molecular formula is C16H18ClNO. The Morgan fingerprint density at radius 1 is 1.00 bits per heavy atom. The van der Waals surface area contributed by atoms with E-state index in [9.17, 15) is 0 Å². The summed E-state index contributed by atoms with van der Waals surface area (Å²) in [7, 11) is 0. The van der Waals surface area contributed by atoms with Crippen molar-refractivity contribution in [3.8, 4) is 5.75 Å². The molecule has 2 aromatic carbocycles. The minimum atomic E-state index is 0.580. The predicted octanol–water partition coefficient (Wildman–Crippen LogP) is 4.45. The molecular weight excluding hydrogens is 258 g/mol. The van der Waals surface area contributed by atoms with Gasteiger partial charge in [0, 0.05) is 12.2 Å². The van der Waals surface area contributed by atoms with Crippen LogP contribution in [0.25, 0.3) is 0 Å². The van der Waals surface area contributed by atoms with Crippen LogP contribution >= 0.6 is 11.6 Å². The van der Waals surface area contributed by atoms with Gasteiger partial charge in [0.05, 0.1) is 5.02 Å². The first kappa shape index (κ1) is 13.8. The number of anilines is 1. The maximum atomic E-state index is 6.06. The topological polar surface area (TPSA) is 21.3 Å². The molecule has 0 bridgehead atoms. The van der Waals surface area contributed by atoms with Gasteiger partial charge >= 0.3 is 0 Å². The molecule has 0 aliphatic carbocycles. The van der Waals surface area contributed by atoms with Crippen LogP contribution in [0.5, 0.6) is 5.75 Å². The standard InChI is InChI=1S/C16H18ClNO/c1-12-3-6-14(7-4-12)18-9-10-19-16-11-13(2)5-8-15(16)17/h3-8,11,18H,9-10H2,1-2H3. The predicted molar refractivity (Wildman–Crippen MR) is 81.4 cm³/mol. The zero-order valence-electron chi connectivity index (χ0n) is 11.2. The largest absolute Gasteiger partial charge is 0.490 e. The Hall–Kier alpha value is -1.67. The van der Waals surface area contributed by atoms with E-state index in [1.54, 1.807) is 0 Å². The molecule has 0 amide bonds. The summed E-state index contributed by atoms with van der Waals surface area (Å²) in [6, 6.07) is 14.1. The quantitative estimate of drug-likeness (QED) is 0.814. The van der Waals surface area contributed by atoms with Gasteiger partial charge < -0.3 is 10.1 Å². The third-order valence-electron chi connectivity index (χ3n) is 2.83. The van der Waals surface area contributed by atoms with E-state index >= 15 is 0 Å². The minimum absolute atomic E-state index is 0.580. The minimum Gasteiger partial charge on any atom is -0.490 e. The van der Waals surface area contributed by atoms with Gasteiger partial charge in [-0.3, -0.25) is 0 Å². The first-order chi connectivity index (χ1) is 9.15. The van der Waals surface area contributed by atoms with Gasteiger partial charge in [-0.2, -0.15) is 0 Å². The van der Waals surface area contributed by atoms with E-state index in [1.165, 1.54) is 5.56 Å².